The molecule has 1 aliphatic rings. The number of halogens is 3. The lowest BCUT2D eigenvalue weighted by Crippen LogP contribution is -2.50. The molecule has 0 amide bonds. The summed E-state index contributed by atoms with van der Waals surface area (Å²) < 4.78 is 59.9. The van der Waals surface area contributed by atoms with Crippen molar-refractivity contribution < 1.29 is 17.2 Å². The maximum atomic E-state index is 15.3. The van der Waals surface area contributed by atoms with E-state index in [-0.39, 0.29) is 40.1 Å². The smallest absolute Gasteiger partial charge is 0.263 e. The highest BCUT2D eigenvalue weighted by molar-refractivity contribution is 7.92. The van der Waals surface area contributed by atoms with Gasteiger partial charge in [0.15, 0.2) is 0 Å². The summed E-state index contributed by atoms with van der Waals surface area (Å²) >= 11 is 6.04. The van der Waals surface area contributed by atoms with Crippen molar-refractivity contribution >= 4 is 49.7 Å². The minimum Gasteiger partial charge on any atom is -0.383 e. The van der Waals surface area contributed by atoms with Crippen LogP contribution in [0.1, 0.15) is 26.3 Å². The van der Waals surface area contributed by atoms with Gasteiger partial charge in [0, 0.05) is 24.2 Å². The molecule has 2 aromatic carbocycles. The first-order chi connectivity index (χ1) is 19.0. The average molecular weight is 590 g/mol. The van der Waals surface area contributed by atoms with Crippen molar-refractivity contribution in [3.63, 3.8) is 0 Å². The van der Waals surface area contributed by atoms with E-state index in [0.29, 0.717) is 40.8 Å². The number of rotatable bonds is 7. The number of alkyl halides is 1. The van der Waals surface area contributed by atoms with Gasteiger partial charge in [-0.1, -0.05) is 29.8 Å². The lowest BCUT2D eigenvalue weighted by molar-refractivity contribution is 0.228. The Hall–Kier alpha value is -3.48. The van der Waals surface area contributed by atoms with Crippen LogP contribution in [-0.2, 0) is 10.0 Å². The maximum absolute atomic E-state index is 15.3. The number of nitrogens with two attached hydrogens (primary N) is 1. The van der Waals surface area contributed by atoms with E-state index in [1.54, 1.807) is 30.1 Å². The number of nitrogen functional groups attached to an aromatic ring is 1. The Kier molecular flexibility index (Phi) is 7.60. The van der Waals surface area contributed by atoms with E-state index in [1.165, 1.54) is 30.3 Å². The number of aromatic nitrogens is 3. The Bertz CT molecular complexity index is 1680. The summed E-state index contributed by atoms with van der Waals surface area (Å²) in [5, 5.41) is 8.33. The van der Waals surface area contributed by atoms with E-state index >= 15 is 4.39 Å². The first-order valence-corrected chi connectivity index (χ1v) is 14.7. The summed E-state index contributed by atoms with van der Waals surface area (Å²) in [4.78, 5) is 6.15. The summed E-state index contributed by atoms with van der Waals surface area (Å²) in [6, 6.07) is 9.65. The Labute approximate surface area is 236 Å². The molecule has 4 aromatic rings. The summed E-state index contributed by atoms with van der Waals surface area (Å²) in [6.07, 6.45) is 1.17. The van der Waals surface area contributed by atoms with Crippen LogP contribution < -0.4 is 20.7 Å². The van der Waals surface area contributed by atoms with Crippen molar-refractivity contribution in [1.82, 2.24) is 20.1 Å². The molecule has 4 N–H and O–H groups in total. The average Bonchev–Trinajstić information content (AvgIpc) is 3.32. The Balaban J connectivity index is 1.56. The zero-order valence-corrected chi connectivity index (χ0v) is 23.8. The van der Waals surface area contributed by atoms with Crippen molar-refractivity contribution in [3.8, 4) is 11.3 Å². The largest absolute Gasteiger partial charge is 0.383 e. The fourth-order valence-corrected chi connectivity index (χ4v) is 6.63. The van der Waals surface area contributed by atoms with Crippen LogP contribution in [0.3, 0.4) is 0 Å². The molecule has 13 heteroatoms. The molecule has 212 valence electrons. The standard InChI is InChI=1S/C27H30ClF2N7O2S/c1-15(2)37-26-22(36-11-10-20(32-3)19(30)14-36)13-33-27(31)24(26)25(34-37)16-8-9-21(18(29)12-16)35-40(38,39)23-7-5-4-6-17(23)28/h4-9,12-13,15,19-20,32,35H,10-11,14H2,1-3H3,(H2,31,33). The molecule has 1 saturated heterocycles. The van der Waals surface area contributed by atoms with E-state index < -0.39 is 22.0 Å². The van der Waals surface area contributed by atoms with Crippen molar-refractivity contribution in [3.05, 3.63) is 59.5 Å². The first kappa shape index (κ1) is 28.1. The minimum atomic E-state index is -4.13. The lowest BCUT2D eigenvalue weighted by atomic mass is 10.0. The topological polar surface area (TPSA) is 118 Å². The molecule has 0 aliphatic carbocycles. The van der Waals surface area contributed by atoms with E-state index in [2.05, 4.69) is 15.0 Å². The number of benzene rings is 2. The van der Waals surface area contributed by atoms with Gasteiger partial charge in [0.1, 0.15) is 28.4 Å². The second-order valence-electron chi connectivity index (χ2n) is 10.0. The monoisotopic (exact) mass is 589 g/mol. The van der Waals surface area contributed by atoms with Gasteiger partial charge < -0.3 is 16.0 Å². The second kappa shape index (κ2) is 10.8. The number of pyridine rings is 1. The Morgan fingerprint density at radius 2 is 1.95 bits per heavy atom. The van der Waals surface area contributed by atoms with Crippen molar-refractivity contribution in [2.75, 3.05) is 35.5 Å². The van der Waals surface area contributed by atoms with E-state index in [4.69, 9.17) is 22.4 Å². The quantitative estimate of drug-likeness (QED) is 0.278. The Morgan fingerprint density at radius 3 is 2.60 bits per heavy atom. The van der Waals surface area contributed by atoms with Gasteiger partial charge in [-0.3, -0.25) is 9.40 Å². The summed E-state index contributed by atoms with van der Waals surface area (Å²) in [7, 11) is -2.38. The number of hydrogen-bond acceptors (Lipinski definition) is 7. The van der Waals surface area contributed by atoms with Gasteiger partial charge >= 0.3 is 0 Å². The third-order valence-corrected chi connectivity index (χ3v) is 8.96. The van der Waals surface area contributed by atoms with Gasteiger partial charge in [0.25, 0.3) is 10.0 Å². The maximum Gasteiger partial charge on any atom is 0.263 e. The molecule has 0 saturated carbocycles. The molecule has 40 heavy (non-hydrogen) atoms. The fraction of sp³-hybridized carbons (Fsp3) is 0.333. The van der Waals surface area contributed by atoms with Crippen LogP contribution in [-0.4, -0.2) is 55.5 Å². The highest BCUT2D eigenvalue weighted by Crippen LogP contribution is 2.39. The third-order valence-electron chi connectivity index (χ3n) is 7.09. The summed E-state index contributed by atoms with van der Waals surface area (Å²) in [5.41, 5.74) is 8.23. The predicted molar refractivity (Wildman–Crippen MR) is 155 cm³/mol. The molecule has 0 spiro atoms. The number of hydrogen-bond donors (Lipinski definition) is 3. The number of piperidine rings is 1. The van der Waals surface area contributed by atoms with Crippen LogP contribution >= 0.6 is 11.6 Å². The molecule has 0 bridgehead atoms. The molecule has 9 nitrogen and oxygen atoms in total. The van der Waals surface area contributed by atoms with Crippen molar-refractivity contribution in [2.24, 2.45) is 0 Å². The second-order valence-corrected chi connectivity index (χ2v) is 12.1. The molecule has 2 aromatic heterocycles. The zero-order chi connectivity index (χ0) is 28.8. The van der Waals surface area contributed by atoms with Crippen molar-refractivity contribution in [1.29, 1.82) is 0 Å². The van der Waals surface area contributed by atoms with E-state index in [0.717, 1.165) is 0 Å². The normalized spacial score (nSPS) is 18.0. The minimum absolute atomic E-state index is 0.0192. The predicted octanol–water partition coefficient (Wildman–Crippen LogP) is 4.99. The van der Waals surface area contributed by atoms with Gasteiger partial charge in [-0.25, -0.2) is 22.2 Å². The molecule has 2 unspecified atom stereocenters. The van der Waals surface area contributed by atoms with Gasteiger partial charge in [0.05, 0.1) is 40.0 Å². The van der Waals surface area contributed by atoms with Crippen LogP contribution in [0.5, 0.6) is 0 Å². The Morgan fingerprint density at radius 1 is 1.20 bits per heavy atom. The SMILES string of the molecule is CNC1CCN(c2cnc(N)c3c(-c4ccc(NS(=O)(=O)c5ccccc5Cl)c(F)c4)nn(C(C)C)c23)CC1F. The number of nitrogens with one attached hydrogen (secondary N) is 2. The molecule has 5 rings (SSSR count). The lowest BCUT2D eigenvalue weighted by Gasteiger charge is -2.36. The summed E-state index contributed by atoms with van der Waals surface area (Å²) in [6.45, 7) is 4.70. The molecule has 2 atom stereocenters. The van der Waals surface area contributed by atoms with Crippen molar-refractivity contribution in [2.45, 2.75) is 43.4 Å². The number of sulfonamides is 1. The highest BCUT2D eigenvalue weighted by atomic mass is 35.5. The highest BCUT2D eigenvalue weighted by Gasteiger charge is 2.31. The first-order valence-electron chi connectivity index (χ1n) is 12.8. The molecule has 1 fully saturated rings. The van der Waals surface area contributed by atoms with Crippen LogP contribution in [0.15, 0.2) is 53.6 Å². The zero-order valence-electron chi connectivity index (χ0n) is 22.2. The van der Waals surface area contributed by atoms with Gasteiger partial charge in [-0.15, -0.1) is 0 Å². The molecule has 0 radical (unpaired) electrons. The van der Waals surface area contributed by atoms with Crippen LogP contribution in [0.4, 0.5) is 26.0 Å². The molecule has 1 aliphatic heterocycles. The number of nitrogens with zero attached hydrogens (tertiary/aromatic N) is 4. The third kappa shape index (κ3) is 5.06. The van der Waals surface area contributed by atoms with E-state index in [9.17, 15) is 12.8 Å². The van der Waals surface area contributed by atoms with E-state index in [1.807, 2.05) is 18.7 Å². The molecule has 3 heterocycles. The van der Waals surface area contributed by atoms with Gasteiger partial charge in [-0.2, -0.15) is 5.10 Å². The number of anilines is 3. The van der Waals surface area contributed by atoms with Crippen LogP contribution in [0.25, 0.3) is 22.2 Å². The van der Waals surface area contributed by atoms with Crippen LogP contribution in [0.2, 0.25) is 5.02 Å². The molecular weight excluding hydrogens is 560 g/mol. The van der Waals surface area contributed by atoms with Gasteiger partial charge in [-0.05, 0) is 51.6 Å². The number of fused-ring (bicyclic) bond motifs is 1. The van der Waals surface area contributed by atoms with Gasteiger partial charge in [0.2, 0.25) is 0 Å². The molecular formula is C27H30ClF2N7O2S. The summed E-state index contributed by atoms with van der Waals surface area (Å²) in [5.74, 6) is -0.607. The fourth-order valence-electron chi connectivity index (χ4n) is 5.04. The van der Waals surface area contributed by atoms with Crippen LogP contribution in [0, 0.1) is 5.82 Å².